The predicted octanol–water partition coefficient (Wildman–Crippen LogP) is -4.43. The number of aromatic nitrogens is 4. The summed E-state index contributed by atoms with van der Waals surface area (Å²) in [5.74, 6) is -18.0. The second kappa shape index (κ2) is 23.4. The molecule has 2 aromatic heterocycles. The molecule has 14 N–H and O–H groups in total. The van der Waals surface area contributed by atoms with E-state index < -0.39 is 165 Å². The molecule has 0 aliphatic heterocycles. The lowest BCUT2D eigenvalue weighted by Gasteiger charge is -2.25. The van der Waals surface area contributed by atoms with E-state index in [4.69, 9.17) is 21.7 Å². The number of carboxylic acid groups (broad SMARTS) is 4. The Labute approximate surface area is 335 Å². The van der Waals surface area contributed by atoms with Crippen molar-refractivity contribution in [2.75, 3.05) is 0 Å². The molecule has 2 unspecified atom stereocenters. The van der Waals surface area contributed by atoms with Crippen molar-refractivity contribution in [1.82, 2.24) is 41.2 Å². The maximum atomic E-state index is 15.5. The van der Waals surface area contributed by atoms with Gasteiger partial charge in [0.1, 0.15) is 24.2 Å². The molecule has 2 heterocycles. The van der Waals surface area contributed by atoms with Gasteiger partial charge in [0.15, 0.2) is 11.6 Å². The van der Waals surface area contributed by atoms with E-state index in [0.717, 1.165) is 0 Å². The number of nitrogens with zero attached hydrogens (tertiary/aromatic N) is 2. The van der Waals surface area contributed by atoms with Gasteiger partial charge in [-0.05, 0) is 12.8 Å². The number of Topliss-reactive ketones (excluding diaryl/α,β-unsaturated/α-hetero) is 3. The number of imidazole rings is 2. The van der Waals surface area contributed by atoms with E-state index in [2.05, 4.69) is 30.6 Å². The standard InChI is InChI=1S/C33H42F2N10O15/c34-25(27(54)17(7-23(50)51)42-32(59)19(5-13-9-38-11-40-13)44-30(57)15(36)1-3-21(46)47)29(56)26(35)28(55)18(8-24(52)53)43-33(60)20(6-14-10-39-12-41-14)45-31(58)16(37)2-4-22(48)49/h9-12,15-20,25-26H,1-8,36-37H2,(H,38,40)(H,39,41)(H,42,59)(H,43,60)(H,44,57)(H,45,58)(H,46,47)(H,48,49)(H,50,51)(H,52,53)/t15-,16-,17-,18-,19-,20-,25?,26?/m0/s1. The second-order valence-corrected chi connectivity index (χ2v) is 13.0. The van der Waals surface area contributed by atoms with E-state index >= 15 is 8.78 Å². The van der Waals surface area contributed by atoms with Gasteiger partial charge >= 0.3 is 23.9 Å². The van der Waals surface area contributed by atoms with E-state index in [9.17, 15) is 63.0 Å². The lowest BCUT2D eigenvalue weighted by Crippen LogP contribution is -2.58. The lowest BCUT2D eigenvalue weighted by atomic mass is 9.95. The van der Waals surface area contributed by atoms with Gasteiger partial charge in [-0.3, -0.25) is 52.7 Å². The first-order chi connectivity index (χ1) is 28.1. The van der Waals surface area contributed by atoms with Crippen molar-refractivity contribution in [2.45, 2.75) is 100.0 Å². The molecule has 8 atom stereocenters. The largest absolute Gasteiger partial charge is 0.481 e. The molecule has 60 heavy (non-hydrogen) atoms. The maximum absolute atomic E-state index is 15.5. The molecule has 25 nitrogen and oxygen atoms in total. The van der Waals surface area contributed by atoms with Gasteiger partial charge in [-0.15, -0.1) is 0 Å². The number of carbonyl (C=O) groups excluding carboxylic acids is 7. The number of carboxylic acids is 4. The Balaban J connectivity index is 2.30. The number of nitrogens with two attached hydrogens (primary N) is 2. The van der Waals surface area contributed by atoms with Crippen molar-refractivity contribution in [2.24, 2.45) is 11.5 Å². The van der Waals surface area contributed by atoms with E-state index in [-0.39, 0.29) is 11.4 Å². The van der Waals surface area contributed by atoms with Gasteiger partial charge in [0.25, 0.3) is 0 Å². The minimum atomic E-state index is -3.70. The molecule has 0 saturated carbocycles. The number of hydrogen-bond donors (Lipinski definition) is 12. The fourth-order valence-electron chi connectivity index (χ4n) is 5.12. The first kappa shape index (κ1) is 49.1. The van der Waals surface area contributed by atoms with E-state index in [0.29, 0.717) is 0 Å². The quantitative estimate of drug-likeness (QED) is 0.0359. The summed E-state index contributed by atoms with van der Waals surface area (Å²) < 4.78 is 31.0. The van der Waals surface area contributed by atoms with E-state index in [1.165, 1.54) is 25.0 Å². The van der Waals surface area contributed by atoms with Crippen LogP contribution in [0.15, 0.2) is 25.0 Å². The number of aromatic amines is 2. The number of hydrogen-bond acceptors (Lipinski definition) is 15. The number of nitrogens with one attached hydrogen (secondary N) is 6. The van der Waals surface area contributed by atoms with Gasteiger partial charge in [0.05, 0.1) is 49.0 Å². The van der Waals surface area contributed by atoms with Crippen molar-refractivity contribution in [1.29, 1.82) is 0 Å². The highest BCUT2D eigenvalue weighted by atomic mass is 19.1. The fourth-order valence-corrected chi connectivity index (χ4v) is 5.12. The van der Waals surface area contributed by atoms with Crippen LogP contribution in [-0.2, 0) is 65.6 Å². The summed E-state index contributed by atoms with van der Waals surface area (Å²) in [6.45, 7) is 0. The molecule has 4 amide bonds. The lowest BCUT2D eigenvalue weighted by molar-refractivity contribution is -0.148. The van der Waals surface area contributed by atoms with Crippen LogP contribution < -0.4 is 32.7 Å². The number of carbonyl (C=O) groups is 11. The molecule has 0 radical (unpaired) electrons. The Morgan fingerprint density at radius 3 is 1.15 bits per heavy atom. The number of H-pyrrole nitrogens is 2. The Hall–Kier alpha value is -7.03. The van der Waals surface area contributed by atoms with Crippen LogP contribution in [0.3, 0.4) is 0 Å². The Morgan fingerprint density at radius 1 is 0.533 bits per heavy atom. The first-order valence-corrected chi connectivity index (χ1v) is 17.6. The van der Waals surface area contributed by atoms with Crippen molar-refractivity contribution in [3.8, 4) is 0 Å². The maximum Gasteiger partial charge on any atom is 0.305 e. The van der Waals surface area contributed by atoms with E-state index in [1.54, 1.807) is 0 Å². The van der Waals surface area contributed by atoms with Gasteiger partial charge < -0.3 is 63.1 Å². The Bertz CT molecular complexity index is 1760. The van der Waals surface area contributed by atoms with Crippen LogP contribution in [0.2, 0.25) is 0 Å². The third-order valence-electron chi connectivity index (χ3n) is 8.29. The van der Waals surface area contributed by atoms with Gasteiger partial charge in [-0.1, -0.05) is 0 Å². The molecule has 0 saturated heterocycles. The highest BCUT2D eigenvalue weighted by molar-refractivity contribution is 6.18. The zero-order valence-electron chi connectivity index (χ0n) is 31.2. The van der Waals surface area contributed by atoms with Crippen molar-refractivity contribution < 1.29 is 81.9 Å². The van der Waals surface area contributed by atoms with Gasteiger partial charge in [0, 0.05) is 38.1 Å². The number of alkyl halides is 2. The summed E-state index contributed by atoms with van der Waals surface area (Å²) >= 11 is 0. The zero-order chi connectivity index (χ0) is 45.3. The predicted molar refractivity (Wildman–Crippen MR) is 191 cm³/mol. The molecule has 27 heteroatoms. The zero-order valence-corrected chi connectivity index (χ0v) is 31.2. The smallest absolute Gasteiger partial charge is 0.305 e. The molecule has 2 rings (SSSR count). The molecule has 0 bridgehead atoms. The van der Waals surface area contributed by atoms with Gasteiger partial charge in [0.2, 0.25) is 41.8 Å². The van der Waals surface area contributed by atoms with Crippen LogP contribution in [0.4, 0.5) is 8.78 Å². The van der Waals surface area contributed by atoms with Crippen LogP contribution in [0.1, 0.15) is 49.9 Å². The third kappa shape index (κ3) is 16.1. The molecule has 0 aliphatic carbocycles. The topological polar surface area (TPSA) is 426 Å². The summed E-state index contributed by atoms with van der Waals surface area (Å²) in [4.78, 5) is 149. The van der Waals surface area contributed by atoms with Crippen LogP contribution in [0.5, 0.6) is 0 Å². The van der Waals surface area contributed by atoms with Gasteiger partial charge in [-0.25, -0.2) is 18.7 Å². The summed E-state index contributed by atoms with van der Waals surface area (Å²) in [6.07, 6.45) is -8.23. The normalized spacial score (nSPS) is 15.0. The van der Waals surface area contributed by atoms with Crippen molar-refractivity contribution in [3.05, 3.63) is 36.4 Å². The molecule has 328 valence electrons. The summed E-state index contributed by atoms with van der Waals surface area (Å²) in [5.41, 5.74) is 11.6. The van der Waals surface area contributed by atoms with Crippen molar-refractivity contribution in [3.63, 3.8) is 0 Å². The Kier molecular flexibility index (Phi) is 19.2. The number of halogens is 2. The average molecular weight is 857 g/mol. The second-order valence-electron chi connectivity index (χ2n) is 13.0. The minimum absolute atomic E-state index is 0.102. The van der Waals surface area contributed by atoms with Crippen molar-refractivity contribution >= 4 is 64.9 Å². The highest BCUT2D eigenvalue weighted by Gasteiger charge is 2.44. The number of rotatable bonds is 28. The fraction of sp³-hybridized carbons (Fsp3) is 0.485. The van der Waals surface area contributed by atoms with Crippen LogP contribution in [-0.4, -0.2) is 154 Å². The molecular weight excluding hydrogens is 814 g/mol. The molecular formula is C33H42F2N10O15. The number of ketones is 3. The van der Waals surface area contributed by atoms with Crippen LogP contribution in [0.25, 0.3) is 0 Å². The summed E-state index contributed by atoms with van der Waals surface area (Å²) in [5, 5.41) is 44.5. The summed E-state index contributed by atoms with van der Waals surface area (Å²) in [7, 11) is 0. The SMILES string of the molecule is N[C@@H](CCC(=O)O)C(=O)N[C@@H](Cc1c[nH]cn1)C(=O)N[C@@H](CC(=O)O)C(=O)C(F)C(=O)C(F)C(=O)[C@H](CC(=O)O)NC(=O)[C@H](Cc1c[nH]cn1)NC(=O)[C@@H](N)CCC(=O)O. The molecule has 0 fully saturated rings. The van der Waals surface area contributed by atoms with Crippen LogP contribution >= 0.6 is 0 Å². The van der Waals surface area contributed by atoms with Crippen LogP contribution in [0, 0.1) is 0 Å². The number of amides is 4. The molecule has 2 aromatic rings. The van der Waals surface area contributed by atoms with Gasteiger partial charge in [-0.2, -0.15) is 0 Å². The molecule has 0 spiro atoms. The summed E-state index contributed by atoms with van der Waals surface area (Å²) in [6, 6.07) is -11.4. The number of aliphatic carboxylic acids is 4. The molecule has 0 aromatic carbocycles. The average Bonchev–Trinajstić information content (AvgIpc) is 3.90. The third-order valence-corrected chi connectivity index (χ3v) is 8.29. The van der Waals surface area contributed by atoms with E-state index in [1.807, 2.05) is 10.6 Å². The highest BCUT2D eigenvalue weighted by Crippen LogP contribution is 2.14. The Morgan fingerprint density at radius 2 is 0.867 bits per heavy atom. The first-order valence-electron chi connectivity index (χ1n) is 17.6. The monoisotopic (exact) mass is 856 g/mol. The molecule has 0 aliphatic rings. The minimum Gasteiger partial charge on any atom is -0.481 e.